The fourth-order valence-electron chi connectivity index (χ4n) is 2.53. The average molecular weight is 212 g/mol. The lowest BCUT2D eigenvalue weighted by Gasteiger charge is -2.20. The molecule has 1 saturated carbocycles. The lowest BCUT2D eigenvalue weighted by atomic mass is 9.89. The first-order valence-electron chi connectivity index (χ1n) is 5.83. The molecule has 1 fully saturated rings. The summed E-state index contributed by atoms with van der Waals surface area (Å²) < 4.78 is 0. The maximum Gasteiger partial charge on any atom is 0.0702 e. The van der Waals surface area contributed by atoms with Gasteiger partial charge in [0.05, 0.1) is 5.52 Å². The zero-order chi connectivity index (χ0) is 11.2. The Kier molecular flexibility index (Phi) is 2.01. The van der Waals surface area contributed by atoms with Gasteiger partial charge in [-0.3, -0.25) is 4.98 Å². The second-order valence-electron chi connectivity index (χ2n) is 4.86. The van der Waals surface area contributed by atoms with Crippen molar-refractivity contribution in [3.63, 3.8) is 0 Å². The SMILES string of the molecule is CC(N)C1(c2ccc3ncccc3c2)CC1. The zero-order valence-corrected chi connectivity index (χ0v) is 9.48. The topological polar surface area (TPSA) is 38.9 Å². The molecule has 1 unspecified atom stereocenters. The van der Waals surface area contributed by atoms with Gasteiger partial charge in [0.25, 0.3) is 0 Å². The van der Waals surface area contributed by atoms with Gasteiger partial charge in [0.2, 0.25) is 0 Å². The van der Waals surface area contributed by atoms with Crippen LogP contribution in [-0.4, -0.2) is 11.0 Å². The first-order valence-corrected chi connectivity index (χ1v) is 5.83. The van der Waals surface area contributed by atoms with Crippen molar-refractivity contribution in [1.29, 1.82) is 0 Å². The van der Waals surface area contributed by atoms with Crippen LogP contribution in [0.4, 0.5) is 0 Å². The van der Waals surface area contributed by atoms with E-state index in [-0.39, 0.29) is 11.5 Å². The Morgan fingerprint density at radius 1 is 1.31 bits per heavy atom. The molecule has 82 valence electrons. The van der Waals surface area contributed by atoms with Crippen molar-refractivity contribution in [2.24, 2.45) is 5.73 Å². The van der Waals surface area contributed by atoms with Crippen LogP contribution < -0.4 is 5.73 Å². The van der Waals surface area contributed by atoms with Gasteiger partial charge in [0.15, 0.2) is 0 Å². The first kappa shape index (κ1) is 9.79. The van der Waals surface area contributed by atoms with Crippen LogP contribution in [0.2, 0.25) is 0 Å². The molecule has 2 aromatic rings. The summed E-state index contributed by atoms with van der Waals surface area (Å²) in [6, 6.07) is 10.9. The van der Waals surface area contributed by atoms with E-state index in [1.807, 2.05) is 12.3 Å². The highest BCUT2D eigenvalue weighted by Gasteiger charge is 2.47. The molecular weight excluding hydrogens is 196 g/mol. The molecule has 2 nitrogen and oxygen atoms in total. The molecule has 0 saturated heterocycles. The van der Waals surface area contributed by atoms with Crippen molar-refractivity contribution in [1.82, 2.24) is 4.98 Å². The van der Waals surface area contributed by atoms with Crippen LogP contribution in [-0.2, 0) is 5.41 Å². The van der Waals surface area contributed by atoms with Crippen molar-refractivity contribution in [2.75, 3.05) is 0 Å². The van der Waals surface area contributed by atoms with E-state index < -0.39 is 0 Å². The summed E-state index contributed by atoms with van der Waals surface area (Å²) in [6.07, 6.45) is 4.27. The largest absolute Gasteiger partial charge is 0.327 e. The van der Waals surface area contributed by atoms with E-state index in [4.69, 9.17) is 5.73 Å². The normalized spacial score (nSPS) is 19.6. The molecule has 0 amide bonds. The van der Waals surface area contributed by atoms with Gasteiger partial charge < -0.3 is 5.73 Å². The number of hydrogen-bond acceptors (Lipinski definition) is 2. The Morgan fingerprint density at radius 3 is 2.81 bits per heavy atom. The maximum absolute atomic E-state index is 6.09. The molecule has 1 aliphatic rings. The monoisotopic (exact) mass is 212 g/mol. The van der Waals surface area contributed by atoms with E-state index in [1.165, 1.54) is 23.8 Å². The first-order chi connectivity index (χ1) is 7.72. The van der Waals surface area contributed by atoms with E-state index in [9.17, 15) is 0 Å². The minimum atomic E-state index is 0.238. The zero-order valence-electron chi connectivity index (χ0n) is 9.48. The third-order valence-corrected chi connectivity index (χ3v) is 3.84. The summed E-state index contributed by atoms with van der Waals surface area (Å²) in [5.41, 5.74) is 8.77. The fourth-order valence-corrected chi connectivity index (χ4v) is 2.53. The van der Waals surface area contributed by atoms with Gasteiger partial charge in [0, 0.05) is 23.0 Å². The van der Waals surface area contributed by atoms with Crippen molar-refractivity contribution >= 4 is 10.9 Å². The lowest BCUT2D eigenvalue weighted by Crippen LogP contribution is -2.31. The third-order valence-electron chi connectivity index (χ3n) is 3.84. The number of hydrogen-bond donors (Lipinski definition) is 1. The van der Waals surface area contributed by atoms with Crippen LogP contribution in [0.1, 0.15) is 25.3 Å². The summed E-state index contributed by atoms with van der Waals surface area (Å²) >= 11 is 0. The average Bonchev–Trinajstić information content (AvgIpc) is 3.09. The highest BCUT2D eigenvalue weighted by molar-refractivity contribution is 5.79. The highest BCUT2D eigenvalue weighted by atomic mass is 14.7. The van der Waals surface area contributed by atoms with Gasteiger partial charge in [-0.2, -0.15) is 0 Å². The fraction of sp³-hybridized carbons (Fsp3) is 0.357. The number of nitrogens with two attached hydrogens (primary N) is 1. The Morgan fingerprint density at radius 2 is 2.12 bits per heavy atom. The number of pyridine rings is 1. The predicted octanol–water partition coefficient (Wildman–Crippen LogP) is 2.61. The van der Waals surface area contributed by atoms with E-state index in [1.54, 1.807) is 0 Å². The quantitative estimate of drug-likeness (QED) is 0.831. The Bertz CT molecular complexity index is 527. The molecule has 2 heteroatoms. The Labute approximate surface area is 95.5 Å². The van der Waals surface area contributed by atoms with Crippen LogP contribution >= 0.6 is 0 Å². The summed E-state index contributed by atoms with van der Waals surface area (Å²) in [7, 11) is 0. The molecule has 1 atom stereocenters. The second kappa shape index (κ2) is 3.29. The smallest absolute Gasteiger partial charge is 0.0702 e. The number of nitrogens with zero attached hydrogens (tertiary/aromatic N) is 1. The minimum absolute atomic E-state index is 0.238. The molecular formula is C14H16N2. The molecule has 0 bridgehead atoms. The Balaban J connectivity index is 2.12. The maximum atomic E-state index is 6.09. The van der Waals surface area contributed by atoms with Gasteiger partial charge in [-0.15, -0.1) is 0 Å². The van der Waals surface area contributed by atoms with Gasteiger partial charge in [-0.25, -0.2) is 0 Å². The molecule has 3 rings (SSSR count). The highest BCUT2D eigenvalue weighted by Crippen LogP contribution is 2.50. The summed E-state index contributed by atoms with van der Waals surface area (Å²) in [5.74, 6) is 0. The lowest BCUT2D eigenvalue weighted by molar-refractivity contribution is 0.557. The van der Waals surface area contributed by atoms with Crippen LogP contribution in [0.15, 0.2) is 36.5 Å². The van der Waals surface area contributed by atoms with Crippen LogP contribution in [0.3, 0.4) is 0 Å². The van der Waals surface area contributed by atoms with Gasteiger partial charge in [-0.1, -0.05) is 12.1 Å². The molecule has 16 heavy (non-hydrogen) atoms. The number of benzene rings is 1. The van der Waals surface area contributed by atoms with Crippen LogP contribution in [0.5, 0.6) is 0 Å². The summed E-state index contributed by atoms with van der Waals surface area (Å²) in [6.45, 7) is 2.11. The van der Waals surface area contributed by atoms with Crippen molar-refractivity contribution < 1.29 is 0 Å². The number of rotatable bonds is 2. The molecule has 2 N–H and O–H groups in total. The van der Waals surface area contributed by atoms with Gasteiger partial charge >= 0.3 is 0 Å². The van der Waals surface area contributed by atoms with Crippen LogP contribution in [0.25, 0.3) is 10.9 Å². The third kappa shape index (κ3) is 1.34. The van der Waals surface area contributed by atoms with Crippen LogP contribution in [0, 0.1) is 0 Å². The number of aromatic nitrogens is 1. The van der Waals surface area contributed by atoms with E-state index in [0.717, 1.165) is 5.52 Å². The van der Waals surface area contributed by atoms with Crippen molar-refractivity contribution in [2.45, 2.75) is 31.2 Å². The second-order valence-corrected chi connectivity index (χ2v) is 4.86. The molecule has 1 aromatic heterocycles. The summed E-state index contributed by atoms with van der Waals surface area (Å²) in [4.78, 5) is 4.34. The van der Waals surface area contributed by atoms with Crippen molar-refractivity contribution in [3.05, 3.63) is 42.1 Å². The molecule has 1 aromatic carbocycles. The van der Waals surface area contributed by atoms with E-state index in [2.05, 4.69) is 36.2 Å². The standard InChI is InChI=1S/C14H16N2/c1-10(15)14(6-7-14)12-4-5-13-11(9-12)3-2-8-16-13/h2-5,8-10H,6-7,15H2,1H3. The summed E-state index contributed by atoms with van der Waals surface area (Å²) in [5, 5.41) is 1.21. The minimum Gasteiger partial charge on any atom is -0.327 e. The van der Waals surface area contributed by atoms with E-state index >= 15 is 0 Å². The predicted molar refractivity (Wildman–Crippen MR) is 66.3 cm³/mol. The van der Waals surface area contributed by atoms with Crippen molar-refractivity contribution in [3.8, 4) is 0 Å². The van der Waals surface area contributed by atoms with Gasteiger partial charge in [-0.05, 0) is 43.5 Å². The Hall–Kier alpha value is -1.41. The molecule has 0 aliphatic heterocycles. The molecule has 0 radical (unpaired) electrons. The van der Waals surface area contributed by atoms with E-state index in [0.29, 0.717) is 0 Å². The van der Waals surface area contributed by atoms with Gasteiger partial charge in [0.1, 0.15) is 0 Å². The molecule has 1 aliphatic carbocycles. The molecule has 1 heterocycles. The molecule has 0 spiro atoms. The number of fused-ring (bicyclic) bond motifs is 1.